The predicted molar refractivity (Wildman–Crippen MR) is 87.2 cm³/mol. The molecule has 0 aliphatic heterocycles. The summed E-state index contributed by atoms with van der Waals surface area (Å²) >= 11 is 1.93. The zero-order valence-electron chi connectivity index (χ0n) is 11.4. The number of fused-ring (bicyclic) bond motifs is 1. The Hall–Kier alpha value is -1.38. The fourth-order valence-corrected chi connectivity index (χ4v) is 2.75. The number of halogens is 2. The van der Waals surface area contributed by atoms with E-state index in [1.54, 1.807) is 10.6 Å². The predicted octanol–water partition coefficient (Wildman–Crippen LogP) is 2.42. The van der Waals surface area contributed by atoms with E-state index < -0.39 is 0 Å². The molecule has 1 aromatic heterocycles. The number of benzene rings is 1. The SMILES string of the molecule is Nc1nc2cc(I)c(F)cc2n1CCCC(=O)NC1CC1. The van der Waals surface area contributed by atoms with Gasteiger partial charge >= 0.3 is 0 Å². The van der Waals surface area contributed by atoms with Crippen molar-refractivity contribution >= 4 is 45.5 Å². The van der Waals surface area contributed by atoms with Gasteiger partial charge in [0, 0.05) is 25.1 Å². The topological polar surface area (TPSA) is 72.9 Å². The molecule has 0 unspecified atom stereocenters. The molecule has 7 heteroatoms. The molecule has 3 rings (SSSR count). The lowest BCUT2D eigenvalue weighted by Crippen LogP contribution is -2.25. The highest BCUT2D eigenvalue weighted by Gasteiger charge is 2.22. The molecule has 1 aliphatic carbocycles. The highest BCUT2D eigenvalue weighted by molar-refractivity contribution is 14.1. The van der Waals surface area contributed by atoms with E-state index in [1.807, 2.05) is 22.6 Å². The van der Waals surface area contributed by atoms with Gasteiger partial charge in [-0.15, -0.1) is 0 Å². The van der Waals surface area contributed by atoms with Gasteiger partial charge in [-0.05, 0) is 47.9 Å². The number of aryl methyl sites for hydroxylation is 1. The molecule has 1 amide bonds. The molecule has 1 heterocycles. The number of carbonyl (C=O) groups is 1. The molecule has 0 radical (unpaired) electrons. The molecule has 1 fully saturated rings. The molecule has 1 saturated carbocycles. The number of nitrogens with two attached hydrogens (primary N) is 1. The third-order valence-corrected chi connectivity index (χ3v) is 4.37. The van der Waals surface area contributed by atoms with Crippen LogP contribution in [-0.4, -0.2) is 21.5 Å². The second-order valence-corrected chi connectivity index (χ2v) is 6.48. The number of carbonyl (C=O) groups excluding carboxylic acids is 1. The summed E-state index contributed by atoms with van der Waals surface area (Å²) in [6.07, 6.45) is 3.27. The smallest absolute Gasteiger partial charge is 0.220 e. The number of aromatic nitrogens is 2. The third-order valence-electron chi connectivity index (χ3n) is 3.55. The summed E-state index contributed by atoms with van der Waals surface area (Å²) in [5, 5.41) is 2.95. The van der Waals surface area contributed by atoms with Gasteiger partial charge < -0.3 is 15.6 Å². The van der Waals surface area contributed by atoms with Crippen LogP contribution in [-0.2, 0) is 11.3 Å². The maximum Gasteiger partial charge on any atom is 0.220 e. The number of nitrogen functional groups attached to an aromatic ring is 1. The van der Waals surface area contributed by atoms with E-state index in [9.17, 15) is 9.18 Å². The number of imidazole rings is 1. The second kappa shape index (κ2) is 5.78. The molecular formula is C14H16FIN4O. The van der Waals surface area contributed by atoms with Gasteiger partial charge in [0.2, 0.25) is 11.9 Å². The minimum atomic E-state index is -0.282. The molecule has 2 aromatic rings. The monoisotopic (exact) mass is 402 g/mol. The first-order valence-electron chi connectivity index (χ1n) is 6.94. The summed E-state index contributed by atoms with van der Waals surface area (Å²) in [5.41, 5.74) is 7.24. The number of amides is 1. The molecule has 0 spiro atoms. The summed E-state index contributed by atoms with van der Waals surface area (Å²) < 4.78 is 16.0. The lowest BCUT2D eigenvalue weighted by Gasteiger charge is -2.07. The van der Waals surface area contributed by atoms with Crippen LogP contribution in [0.3, 0.4) is 0 Å². The Balaban J connectivity index is 1.69. The van der Waals surface area contributed by atoms with E-state index in [4.69, 9.17) is 5.73 Å². The largest absolute Gasteiger partial charge is 0.369 e. The van der Waals surface area contributed by atoms with Crippen molar-refractivity contribution in [3.63, 3.8) is 0 Å². The quantitative estimate of drug-likeness (QED) is 0.755. The molecule has 0 bridgehead atoms. The molecule has 1 aromatic carbocycles. The Morgan fingerprint density at radius 2 is 2.29 bits per heavy atom. The minimum absolute atomic E-state index is 0.0706. The molecule has 21 heavy (non-hydrogen) atoms. The minimum Gasteiger partial charge on any atom is -0.369 e. The lowest BCUT2D eigenvalue weighted by molar-refractivity contribution is -0.121. The summed E-state index contributed by atoms with van der Waals surface area (Å²) in [6.45, 7) is 0.556. The van der Waals surface area contributed by atoms with E-state index in [2.05, 4.69) is 10.3 Å². The summed E-state index contributed by atoms with van der Waals surface area (Å²) in [7, 11) is 0. The molecule has 0 saturated heterocycles. The summed E-state index contributed by atoms with van der Waals surface area (Å²) in [5.74, 6) is 0.144. The number of rotatable bonds is 5. The average Bonchev–Trinajstić information content (AvgIpc) is 3.18. The third kappa shape index (κ3) is 3.28. The molecule has 1 aliphatic rings. The number of nitrogens with one attached hydrogen (secondary N) is 1. The maximum absolute atomic E-state index is 13.7. The fourth-order valence-electron chi connectivity index (χ4n) is 2.30. The van der Waals surface area contributed by atoms with Crippen LogP contribution in [0.5, 0.6) is 0 Å². The van der Waals surface area contributed by atoms with Gasteiger partial charge in [0.25, 0.3) is 0 Å². The lowest BCUT2D eigenvalue weighted by atomic mass is 10.2. The standard InChI is InChI=1S/C14H16FIN4O/c15-9-6-12-11(7-10(9)16)19-14(17)20(12)5-1-2-13(21)18-8-3-4-8/h6-8H,1-5H2,(H2,17,19)(H,18,21). The van der Waals surface area contributed by atoms with Crippen molar-refractivity contribution < 1.29 is 9.18 Å². The first-order valence-corrected chi connectivity index (χ1v) is 8.02. The van der Waals surface area contributed by atoms with E-state index in [1.165, 1.54) is 6.07 Å². The van der Waals surface area contributed by atoms with Crippen LogP contribution in [0, 0.1) is 9.39 Å². The first-order chi connectivity index (χ1) is 10.0. The van der Waals surface area contributed by atoms with Crippen molar-refractivity contribution in [3.05, 3.63) is 21.5 Å². The zero-order chi connectivity index (χ0) is 15.0. The van der Waals surface area contributed by atoms with Crippen molar-refractivity contribution in [2.24, 2.45) is 0 Å². The van der Waals surface area contributed by atoms with Crippen LogP contribution < -0.4 is 11.1 Å². The van der Waals surface area contributed by atoms with E-state index in [-0.39, 0.29) is 11.7 Å². The molecular weight excluding hydrogens is 386 g/mol. The van der Waals surface area contributed by atoms with Crippen LogP contribution in [0.2, 0.25) is 0 Å². The van der Waals surface area contributed by atoms with Gasteiger partial charge in [-0.25, -0.2) is 9.37 Å². The van der Waals surface area contributed by atoms with E-state index >= 15 is 0 Å². The average molecular weight is 402 g/mol. The number of nitrogens with zero attached hydrogens (tertiary/aromatic N) is 2. The Morgan fingerprint density at radius 3 is 3.00 bits per heavy atom. The van der Waals surface area contributed by atoms with Crippen LogP contribution in [0.1, 0.15) is 25.7 Å². The molecule has 5 nitrogen and oxygen atoms in total. The van der Waals surface area contributed by atoms with Crippen LogP contribution in [0.4, 0.5) is 10.3 Å². The van der Waals surface area contributed by atoms with Crippen LogP contribution >= 0.6 is 22.6 Å². The molecule has 0 atom stereocenters. The fraction of sp³-hybridized carbons (Fsp3) is 0.429. The Kier molecular flexibility index (Phi) is 4.01. The van der Waals surface area contributed by atoms with Crippen LogP contribution in [0.25, 0.3) is 11.0 Å². The number of hydrogen-bond donors (Lipinski definition) is 2. The van der Waals surface area contributed by atoms with Gasteiger partial charge in [-0.3, -0.25) is 4.79 Å². The van der Waals surface area contributed by atoms with Crippen molar-refractivity contribution in [2.75, 3.05) is 5.73 Å². The maximum atomic E-state index is 13.7. The van der Waals surface area contributed by atoms with E-state index in [0.29, 0.717) is 46.0 Å². The highest BCUT2D eigenvalue weighted by Crippen LogP contribution is 2.23. The zero-order valence-corrected chi connectivity index (χ0v) is 13.6. The van der Waals surface area contributed by atoms with Gasteiger partial charge in [0.05, 0.1) is 14.6 Å². The van der Waals surface area contributed by atoms with Gasteiger partial charge in [0.1, 0.15) is 5.82 Å². The highest BCUT2D eigenvalue weighted by atomic mass is 127. The number of hydrogen-bond acceptors (Lipinski definition) is 3. The van der Waals surface area contributed by atoms with Gasteiger partial charge in [0.15, 0.2) is 0 Å². The Labute approximate surface area is 135 Å². The van der Waals surface area contributed by atoms with Gasteiger partial charge in [-0.1, -0.05) is 0 Å². The van der Waals surface area contributed by atoms with Crippen LogP contribution in [0.15, 0.2) is 12.1 Å². The second-order valence-electron chi connectivity index (χ2n) is 5.32. The van der Waals surface area contributed by atoms with Crippen molar-refractivity contribution in [1.82, 2.24) is 14.9 Å². The Bertz CT molecular complexity index is 696. The molecule has 3 N–H and O–H groups in total. The van der Waals surface area contributed by atoms with Crippen molar-refractivity contribution in [3.8, 4) is 0 Å². The first kappa shape index (κ1) is 14.6. The number of anilines is 1. The Morgan fingerprint density at radius 1 is 1.52 bits per heavy atom. The van der Waals surface area contributed by atoms with Crippen molar-refractivity contribution in [1.29, 1.82) is 0 Å². The normalized spacial score (nSPS) is 14.6. The molecule has 112 valence electrons. The summed E-state index contributed by atoms with van der Waals surface area (Å²) in [4.78, 5) is 15.9. The summed E-state index contributed by atoms with van der Waals surface area (Å²) in [6, 6.07) is 3.51. The van der Waals surface area contributed by atoms with E-state index in [0.717, 1.165) is 12.8 Å². The van der Waals surface area contributed by atoms with Crippen molar-refractivity contribution in [2.45, 2.75) is 38.3 Å². The van der Waals surface area contributed by atoms with Gasteiger partial charge in [-0.2, -0.15) is 0 Å².